The van der Waals surface area contributed by atoms with Gasteiger partial charge in [0.25, 0.3) is 0 Å². The molecule has 3 N–H and O–H groups in total. The third kappa shape index (κ3) is 5.48. The van der Waals surface area contributed by atoms with Crippen LogP contribution in [-0.4, -0.2) is 64.1 Å². The summed E-state index contributed by atoms with van der Waals surface area (Å²) in [6.07, 6.45) is 8.61. The molecule has 3 aromatic heterocycles. The van der Waals surface area contributed by atoms with Crippen molar-refractivity contribution >= 4 is 71.5 Å². The quantitative estimate of drug-likeness (QED) is 0.198. The lowest BCUT2D eigenvalue weighted by Gasteiger charge is -2.29. The molecule has 0 bridgehead atoms. The lowest BCUT2D eigenvalue weighted by molar-refractivity contribution is 0.417. The molecule has 0 radical (unpaired) electrons. The Balaban J connectivity index is 1.41. The number of fused-ring (bicyclic) bond motifs is 4. The predicted octanol–water partition coefficient (Wildman–Crippen LogP) is 5.22. The largest absolute Gasteiger partial charge is 0.494 e. The summed E-state index contributed by atoms with van der Waals surface area (Å²) < 4.78 is 35.5. The van der Waals surface area contributed by atoms with Gasteiger partial charge in [-0.25, -0.2) is 13.4 Å². The molecular weight excluding hydrogens is 648 g/mol. The number of ether oxygens (including phenoxy) is 1. The maximum Gasteiger partial charge on any atom is 0.232 e. The highest BCUT2D eigenvalue weighted by molar-refractivity contribution is 9.10. The lowest BCUT2D eigenvalue weighted by atomic mass is 10.0. The van der Waals surface area contributed by atoms with Crippen LogP contribution in [0, 0.1) is 0 Å². The van der Waals surface area contributed by atoms with Crippen LogP contribution in [0.15, 0.2) is 53.5 Å². The van der Waals surface area contributed by atoms with Gasteiger partial charge in [0.1, 0.15) is 22.8 Å². The van der Waals surface area contributed by atoms with Crippen LogP contribution < -0.4 is 25.0 Å². The first kappa shape index (κ1) is 29.6. The average Bonchev–Trinajstić information content (AvgIpc) is 3.24. The van der Waals surface area contributed by atoms with Crippen LogP contribution >= 0.6 is 15.9 Å². The first-order valence-electron chi connectivity index (χ1n) is 13.8. The Kier molecular flexibility index (Phi) is 7.75. The van der Waals surface area contributed by atoms with Crippen LogP contribution in [-0.2, 0) is 23.5 Å². The zero-order valence-electron chi connectivity index (χ0n) is 24.8. The number of methoxy groups -OCH3 is 1. The summed E-state index contributed by atoms with van der Waals surface area (Å²) in [7, 11) is -0.119. The third-order valence-electron chi connectivity index (χ3n) is 7.27. The standard InChI is InChI=1S/C29H31BrN10O3S/c1-16(2)40(44(5,41)42)27-21(7-6-20-26(27)33-11-10-32-20)36-28-19(30)15-34-29(38-28)37-23-12-17-18-14-35-39(3)24(18)8-9-31-22(17)13-25(23)43-4/h6-7,10-16,31H,8-9H2,1-5H3,(H2,34,36,37,38). The van der Waals surface area contributed by atoms with Gasteiger partial charge in [0.05, 0.1) is 40.9 Å². The fraction of sp³-hybridized carbons (Fsp3) is 0.276. The average molecular weight is 680 g/mol. The Bertz CT molecular complexity index is 2000. The molecular formula is C29H31BrN10O3S. The topological polar surface area (TPSA) is 152 Å². The zero-order chi connectivity index (χ0) is 31.2. The number of rotatable bonds is 8. The van der Waals surface area contributed by atoms with Crippen LogP contribution in [0.5, 0.6) is 5.75 Å². The van der Waals surface area contributed by atoms with Crippen LogP contribution in [0.25, 0.3) is 22.2 Å². The molecule has 0 unspecified atom stereocenters. The molecule has 0 amide bonds. The van der Waals surface area contributed by atoms with E-state index in [0.29, 0.717) is 50.1 Å². The van der Waals surface area contributed by atoms with Crippen molar-refractivity contribution in [2.24, 2.45) is 7.05 Å². The molecule has 6 rings (SSSR count). The molecule has 5 aromatic rings. The van der Waals surface area contributed by atoms with E-state index in [9.17, 15) is 8.42 Å². The summed E-state index contributed by atoms with van der Waals surface area (Å²) in [6, 6.07) is 7.11. The van der Waals surface area contributed by atoms with Gasteiger partial charge in [-0.2, -0.15) is 10.1 Å². The molecule has 4 heterocycles. The summed E-state index contributed by atoms with van der Waals surface area (Å²) in [5, 5.41) is 14.6. The summed E-state index contributed by atoms with van der Waals surface area (Å²) in [6.45, 7) is 4.39. The monoisotopic (exact) mass is 678 g/mol. The van der Waals surface area contributed by atoms with E-state index < -0.39 is 10.0 Å². The molecule has 0 fully saturated rings. The van der Waals surface area contributed by atoms with Gasteiger partial charge >= 0.3 is 0 Å². The minimum atomic E-state index is -3.68. The second kappa shape index (κ2) is 11.5. The Morgan fingerprint density at radius 1 is 1.07 bits per heavy atom. The molecule has 13 nitrogen and oxygen atoms in total. The number of sulfonamides is 1. The Morgan fingerprint density at radius 3 is 2.61 bits per heavy atom. The van der Waals surface area contributed by atoms with E-state index >= 15 is 0 Å². The van der Waals surface area contributed by atoms with Crippen LogP contribution in [0.3, 0.4) is 0 Å². The number of hydrogen-bond donors (Lipinski definition) is 3. The van der Waals surface area contributed by atoms with Crippen molar-refractivity contribution in [3.05, 3.63) is 59.2 Å². The van der Waals surface area contributed by atoms with Gasteiger partial charge in [0.15, 0.2) is 0 Å². The van der Waals surface area contributed by atoms with Crippen LogP contribution in [0.2, 0.25) is 0 Å². The number of nitrogens with zero attached hydrogens (tertiary/aromatic N) is 7. The van der Waals surface area contributed by atoms with E-state index in [-0.39, 0.29) is 6.04 Å². The van der Waals surface area contributed by atoms with E-state index in [2.05, 4.69) is 51.9 Å². The van der Waals surface area contributed by atoms with E-state index in [4.69, 9.17) is 9.72 Å². The number of aryl methyl sites for hydroxylation is 1. The highest BCUT2D eigenvalue weighted by atomic mass is 79.9. The summed E-state index contributed by atoms with van der Waals surface area (Å²) in [5.41, 5.74) is 6.66. The van der Waals surface area contributed by atoms with Crippen molar-refractivity contribution in [3.8, 4) is 16.9 Å². The molecule has 0 aliphatic carbocycles. The summed E-state index contributed by atoms with van der Waals surface area (Å²) in [5.74, 6) is 1.32. The van der Waals surface area contributed by atoms with Gasteiger partial charge in [0.2, 0.25) is 16.0 Å². The summed E-state index contributed by atoms with van der Waals surface area (Å²) >= 11 is 3.54. The molecule has 0 saturated carbocycles. The molecule has 15 heteroatoms. The lowest BCUT2D eigenvalue weighted by Crippen LogP contribution is -2.36. The highest BCUT2D eigenvalue weighted by Gasteiger charge is 2.27. The molecule has 0 spiro atoms. The van der Waals surface area contributed by atoms with Crippen LogP contribution in [0.1, 0.15) is 19.5 Å². The van der Waals surface area contributed by atoms with Crippen LogP contribution in [0.4, 0.5) is 34.5 Å². The maximum absolute atomic E-state index is 13.0. The van der Waals surface area contributed by atoms with Crippen molar-refractivity contribution < 1.29 is 13.2 Å². The van der Waals surface area contributed by atoms with E-state index in [1.807, 2.05) is 30.1 Å². The molecule has 0 atom stereocenters. The first-order valence-corrected chi connectivity index (χ1v) is 16.5. The number of hydrogen-bond acceptors (Lipinski definition) is 11. The van der Waals surface area contributed by atoms with Crippen molar-refractivity contribution in [2.75, 3.05) is 40.2 Å². The number of nitrogens with one attached hydrogen (secondary N) is 3. The van der Waals surface area contributed by atoms with E-state index in [1.54, 1.807) is 45.5 Å². The number of aromatic nitrogens is 6. The van der Waals surface area contributed by atoms with Crippen molar-refractivity contribution in [1.82, 2.24) is 29.7 Å². The predicted molar refractivity (Wildman–Crippen MR) is 176 cm³/mol. The fourth-order valence-corrected chi connectivity index (χ4v) is 7.00. The molecule has 0 saturated heterocycles. The third-order valence-corrected chi connectivity index (χ3v) is 9.17. The fourth-order valence-electron chi connectivity index (χ4n) is 5.43. The first-order chi connectivity index (χ1) is 21.0. The van der Waals surface area contributed by atoms with Crippen molar-refractivity contribution in [1.29, 1.82) is 0 Å². The SMILES string of the molecule is COc1cc2c(cc1Nc1ncc(Br)c(Nc3ccc4nccnc4c3N(C(C)C)S(C)(=O)=O)n1)-c1cnn(C)c1CCN2. The number of benzene rings is 2. The van der Waals surface area contributed by atoms with Gasteiger partial charge < -0.3 is 20.7 Å². The second-order valence-electron chi connectivity index (χ2n) is 10.6. The van der Waals surface area contributed by atoms with E-state index in [0.717, 1.165) is 35.5 Å². The zero-order valence-corrected chi connectivity index (χ0v) is 27.2. The number of halogens is 1. The molecule has 2 aromatic carbocycles. The Hall–Kier alpha value is -4.50. The molecule has 44 heavy (non-hydrogen) atoms. The van der Waals surface area contributed by atoms with Gasteiger partial charge in [-0.05, 0) is 48.0 Å². The van der Waals surface area contributed by atoms with E-state index in [1.165, 1.54) is 16.8 Å². The van der Waals surface area contributed by atoms with Gasteiger partial charge in [-0.3, -0.25) is 19.0 Å². The minimum absolute atomic E-state index is 0.299. The molecule has 228 valence electrons. The van der Waals surface area contributed by atoms with Crippen molar-refractivity contribution in [2.45, 2.75) is 26.3 Å². The normalized spacial score (nSPS) is 12.7. The molecule has 1 aliphatic heterocycles. The Labute approximate surface area is 263 Å². The molecule has 1 aliphatic rings. The minimum Gasteiger partial charge on any atom is -0.494 e. The second-order valence-corrected chi connectivity index (χ2v) is 13.3. The van der Waals surface area contributed by atoms with Crippen molar-refractivity contribution in [3.63, 3.8) is 0 Å². The van der Waals surface area contributed by atoms with Gasteiger partial charge in [-0.15, -0.1) is 0 Å². The highest BCUT2D eigenvalue weighted by Crippen LogP contribution is 2.42. The van der Waals surface area contributed by atoms with Gasteiger partial charge in [-0.1, -0.05) is 0 Å². The van der Waals surface area contributed by atoms with Gasteiger partial charge in [0, 0.05) is 73.2 Å². The summed E-state index contributed by atoms with van der Waals surface area (Å²) in [4.78, 5) is 18.1. The smallest absolute Gasteiger partial charge is 0.232 e. The Morgan fingerprint density at radius 2 is 1.86 bits per heavy atom. The number of anilines is 6. The maximum atomic E-state index is 13.0.